The molecule has 2 aromatic heterocycles. The van der Waals surface area contributed by atoms with Crippen LogP contribution < -0.4 is 15.5 Å². The van der Waals surface area contributed by atoms with Crippen LogP contribution >= 0.6 is 0 Å². The van der Waals surface area contributed by atoms with Crippen molar-refractivity contribution in [2.75, 3.05) is 48.4 Å². The van der Waals surface area contributed by atoms with E-state index in [1.807, 2.05) is 12.1 Å². The average Bonchev–Trinajstić information content (AvgIpc) is 3.29. The summed E-state index contributed by atoms with van der Waals surface area (Å²) in [6.07, 6.45) is 6.38. The minimum absolute atomic E-state index is 0.246. The van der Waals surface area contributed by atoms with Gasteiger partial charge in [-0.3, -0.25) is 4.79 Å². The number of nitrogens with zero attached hydrogens (tertiary/aromatic N) is 3. The van der Waals surface area contributed by atoms with Gasteiger partial charge in [-0.1, -0.05) is 0 Å². The number of aromatic nitrogens is 3. The number of carbonyl (C=O) groups excluding carboxylic acids is 1. The van der Waals surface area contributed by atoms with E-state index in [1.54, 1.807) is 6.20 Å². The molecule has 4 N–H and O–H groups in total. The summed E-state index contributed by atoms with van der Waals surface area (Å²) in [5.41, 5.74) is 3.22. The number of aromatic amines is 1. The summed E-state index contributed by atoms with van der Waals surface area (Å²) >= 11 is 0. The summed E-state index contributed by atoms with van der Waals surface area (Å²) in [5, 5.41) is 17.0. The van der Waals surface area contributed by atoms with Gasteiger partial charge in [0.05, 0.1) is 18.6 Å². The number of H-pyrrole nitrogens is 1. The summed E-state index contributed by atoms with van der Waals surface area (Å²) < 4.78 is 5.43. The molecular formula is C24H30N6O3. The number of hydrogen-bond acceptors (Lipinski definition) is 8. The second kappa shape index (κ2) is 9.76. The van der Waals surface area contributed by atoms with Gasteiger partial charge in [-0.15, -0.1) is 0 Å². The summed E-state index contributed by atoms with van der Waals surface area (Å²) in [7, 11) is 0. The fourth-order valence-electron chi connectivity index (χ4n) is 4.70. The van der Waals surface area contributed by atoms with Crippen LogP contribution in [0.4, 0.5) is 23.1 Å². The minimum atomic E-state index is 0.246. The van der Waals surface area contributed by atoms with Crippen molar-refractivity contribution in [3.8, 4) is 0 Å². The molecule has 0 radical (unpaired) electrons. The molecule has 1 aromatic carbocycles. The number of carbonyl (C=O) groups is 1. The quantitative estimate of drug-likeness (QED) is 0.405. The maximum absolute atomic E-state index is 11.6. The highest BCUT2D eigenvalue weighted by Gasteiger charge is 2.23. The van der Waals surface area contributed by atoms with Gasteiger partial charge in [-0.05, 0) is 55.9 Å². The number of morpholine rings is 1. The van der Waals surface area contributed by atoms with E-state index in [0.717, 1.165) is 64.0 Å². The Bertz CT molecular complexity index is 1090. The number of aliphatic hydroxyl groups is 1. The van der Waals surface area contributed by atoms with Gasteiger partial charge < -0.3 is 30.4 Å². The van der Waals surface area contributed by atoms with Crippen LogP contribution in [0.3, 0.4) is 0 Å². The van der Waals surface area contributed by atoms with Crippen LogP contribution in [0.15, 0.2) is 30.5 Å². The molecule has 1 aliphatic heterocycles. The zero-order valence-electron chi connectivity index (χ0n) is 18.6. The van der Waals surface area contributed by atoms with Crippen LogP contribution in [0.2, 0.25) is 0 Å². The molecule has 0 unspecified atom stereocenters. The van der Waals surface area contributed by atoms with Crippen molar-refractivity contribution in [2.45, 2.75) is 31.7 Å². The maximum Gasteiger partial charge on any atom is 0.231 e. The van der Waals surface area contributed by atoms with Gasteiger partial charge in [0.1, 0.15) is 11.5 Å². The van der Waals surface area contributed by atoms with Crippen molar-refractivity contribution in [2.24, 2.45) is 5.92 Å². The molecule has 9 heteroatoms. The zero-order chi connectivity index (χ0) is 22.6. The number of aliphatic hydroxyl groups excluding tert-OH is 1. The fourth-order valence-corrected chi connectivity index (χ4v) is 4.70. The Kier molecular flexibility index (Phi) is 6.41. The van der Waals surface area contributed by atoms with Gasteiger partial charge in [0.2, 0.25) is 5.95 Å². The molecule has 174 valence electrons. The highest BCUT2D eigenvalue weighted by molar-refractivity contribution is 6.02. The lowest BCUT2D eigenvalue weighted by Gasteiger charge is -2.29. The Morgan fingerprint density at radius 1 is 1.12 bits per heavy atom. The first-order chi connectivity index (χ1) is 16.2. The largest absolute Gasteiger partial charge is 0.396 e. The molecule has 1 aliphatic carbocycles. The third-order valence-corrected chi connectivity index (χ3v) is 6.63. The first-order valence-corrected chi connectivity index (χ1v) is 11.6. The fraction of sp³-hybridized carbons (Fsp3) is 0.458. The van der Waals surface area contributed by atoms with Crippen LogP contribution in [0.1, 0.15) is 36.0 Å². The van der Waals surface area contributed by atoms with Crippen molar-refractivity contribution >= 4 is 40.5 Å². The number of nitrogens with one attached hydrogen (secondary N) is 3. The molecule has 5 rings (SSSR count). The first kappa shape index (κ1) is 21.7. The SMILES string of the molecule is O=Cc1c[nH]c2nc(Nc3ccc(N4CCOCC4)cc3)nc(NC3CCC(CO)CC3)c12. The van der Waals surface area contributed by atoms with Crippen LogP contribution in [-0.4, -0.2) is 65.3 Å². The Morgan fingerprint density at radius 2 is 1.88 bits per heavy atom. The normalized spacial score (nSPS) is 21.2. The molecule has 2 aliphatic rings. The maximum atomic E-state index is 11.6. The Morgan fingerprint density at radius 3 is 2.58 bits per heavy atom. The number of ether oxygens (including phenoxy) is 1. The lowest BCUT2D eigenvalue weighted by atomic mass is 9.86. The number of fused-ring (bicyclic) bond motifs is 1. The number of hydrogen-bond donors (Lipinski definition) is 4. The smallest absolute Gasteiger partial charge is 0.231 e. The Hall–Kier alpha value is -3.17. The second-order valence-electron chi connectivity index (χ2n) is 8.80. The molecule has 3 heterocycles. The van der Waals surface area contributed by atoms with Gasteiger partial charge in [0.15, 0.2) is 6.29 Å². The molecule has 2 fully saturated rings. The molecular weight excluding hydrogens is 420 g/mol. The second-order valence-corrected chi connectivity index (χ2v) is 8.80. The molecule has 0 bridgehead atoms. The van der Waals surface area contributed by atoms with E-state index >= 15 is 0 Å². The Balaban J connectivity index is 1.36. The summed E-state index contributed by atoms with van der Waals surface area (Å²) in [6.45, 7) is 3.55. The standard InChI is InChI=1S/C24H30N6O3/c31-14-16-1-3-18(4-2-16)26-23-21-17(15-32)13-25-22(21)28-24(29-23)27-19-5-7-20(8-6-19)30-9-11-33-12-10-30/h5-8,13,15-16,18,31H,1-4,9-12,14H2,(H3,25,26,27,28,29). The van der Waals surface area contributed by atoms with Gasteiger partial charge in [0.25, 0.3) is 0 Å². The van der Waals surface area contributed by atoms with Crippen molar-refractivity contribution in [1.29, 1.82) is 0 Å². The van der Waals surface area contributed by atoms with E-state index in [9.17, 15) is 9.90 Å². The molecule has 3 aromatic rings. The van der Waals surface area contributed by atoms with E-state index in [0.29, 0.717) is 34.3 Å². The molecule has 1 saturated carbocycles. The minimum Gasteiger partial charge on any atom is -0.396 e. The summed E-state index contributed by atoms with van der Waals surface area (Å²) in [4.78, 5) is 26.3. The summed E-state index contributed by atoms with van der Waals surface area (Å²) in [5.74, 6) is 1.50. The molecule has 0 spiro atoms. The van der Waals surface area contributed by atoms with Crippen molar-refractivity contribution in [3.63, 3.8) is 0 Å². The van der Waals surface area contributed by atoms with Crippen LogP contribution in [-0.2, 0) is 4.74 Å². The van der Waals surface area contributed by atoms with E-state index < -0.39 is 0 Å². The predicted octanol–water partition coefficient (Wildman–Crippen LogP) is 3.31. The van der Waals surface area contributed by atoms with E-state index in [4.69, 9.17) is 9.72 Å². The monoisotopic (exact) mass is 450 g/mol. The third-order valence-electron chi connectivity index (χ3n) is 6.63. The predicted molar refractivity (Wildman–Crippen MR) is 128 cm³/mol. The molecule has 0 atom stereocenters. The molecule has 9 nitrogen and oxygen atoms in total. The van der Waals surface area contributed by atoms with E-state index in [-0.39, 0.29) is 12.6 Å². The third kappa shape index (κ3) is 4.79. The highest BCUT2D eigenvalue weighted by Crippen LogP contribution is 2.31. The number of benzene rings is 1. The molecule has 0 amide bonds. The summed E-state index contributed by atoms with van der Waals surface area (Å²) in [6, 6.07) is 8.47. The average molecular weight is 451 g/mol. The number of aldehydes is 1. The van der Waals surface area contributed by atoms with Crippen LogP contribution in [0.5, 0.6) is 0 Å². The van der Waals surface area contributed by atoms with Gasteiger partial charge in [0, 0.05) is 48.9 Å². The van der Waals surface area contributed by atoms with Crippen molar-refractivity contribution in [3.05, 3.63) is 36.0 Å². The van der Waals surface area contributed by atoms with Crippen LogP contribution in [0.25, 0.3) is 11.0 Å². The van der Waals surface area contributed by atoms with E-state index in [1.165, 1.54) is 5.69 Å². The van der Waals surface area contributed by atoms with Crippen molar-refractivity contribution < 1.29 is 14.6 Å². The topological polar surface area (TPSA) is 115 Å². The Labute approximate surface area is 192 Å². The molecule has 33 heavy (non-hydrogen) atoms. The number of rotatable bonds is 7. The lowest BCUT2D eigenvalue weighted by molar-refractivity contribution is 0.112. The molecule has 1 saturated heterocycles. The van der Waals surface area contributed by atoms with Gasteiger partial charge >= 0.3 is 0 Å². The van der Waals surface area contributed by atoms with Crippen LogP contribution in [0, 0.1) is 5.92 Å². The van der Waals surface area contributed by atoms with Gasteiger partial charge in [-0.25, -0.2) is 0 Å². The number of anilines is 4. The zero-order valence-corrected chi connectivity index (χ0v) is 18.6. The van der Waals surface area contributed by atoms with E-state index in [2.05, 4.69) is 37.6 Å². The van der Waals surface area contributed by atoms with Crippen molar-refractivity contribution in [1.82, 2.24) is 15.0 Å². The highest BCUT2D eigenvalue weighted by atomic mass is 16.5. The lowest BCUT2D eigenvalue weighted by Crippen LogP contribution is -2.36. The van der Waals surface area contributed by atoms with Gasteiger partial charge in [-0.2, -0.15) is 9.97 Å². The first-order valence-electron chi connectivity index (χ1n) is 11.6.